The molecule has 90 valence electrons. The van der Waals surface area contributed by atoms with Crippen LogP contribution < -0.4 is 0 Å². The lowest BCUT2D eigenvalue weighted by Gasteiger charge is -2.25. The van der Waals surface area contributed by atoms with E-state index in [1.54, 1.807) is 12.2 Å². The predicted octanol–water partition coefficient (Wildman–Crippen LogP) is 2.49. The summed E-state index contributed by atoms with van der Waals surface area (Å²) < 4.78 is 0. The van der Waals surface area contributed by atoms with E-state index in [2.05, 4.69) is 9.98 Å². The van der Waals surface area contributed by atoms with E-state index in [1.165, 1.54) is 0 Å². The Bertz CT molecular complexity index is 230. The van der Waals surface area contributed by atoms with Crippen LogP contribution in [0.25, 0.3) is 0 Å². The van der Waals surface area contributed by atoms with Gasteiger partial charge in [0.05, 0.1) is 13.1 Å². The van der Waals surface area contributed by atoms with Gasteiger partial charge in [0.2, 0.25) is 12.2 Å². The van der Waals surface area contributed by atoms with E-state index in [0.29, 0.717) is 24.9 Å². The van der Waals surface area contributed by atoms with Crippen molar-refractivity contribution in [2.75, 3.05) is 13.1 Å². The van der Waals surface area contributed by atoms with Gasteiger partial charge in [0.25, 0.3) is 0 Å². The van der Waals surface area contributed by atoms with Gasteiger partial charge in [0.1, 0.15) is 0 Å². The van der Waals surface area contributed by atoms with Crippen molar-refractivity contribution in [2.45, 2.75) is 39.5 Å². The number of rotatable bonds is 4. The summed E-state index contributed by atoms with van der Waals surface area (Å²) in [5.41, 5.74) is 0. The second-order valence-electron chi connectivity index (χ2n) is 3.75. The highest BCUT2D eigenvalue weighted by molar-refractivity contribution is 5.33. The zero-order valence-corrected chi connectivity index (χ0v) is 10.1. The Hall–Kier alpha value is -1.24. The Labute approximate surface area is 96.9 Å². The van der Waals surface area contributed by atoms with Crippen molar-refractivity contribution < 1.29 is 9.59 Å². The van der Waals surface area contributed by atoms with Gasteiger partial charge in [-0.25, -0.2) is 19.6 Å². The standard InChI is InChI=1S/C10H14N2O2.C2H6/c13-7-11-5-9-1-2-10(4-3-9)6-12-8-14;1-2/h9-10H,1-6H2;1-2H3. The highest BCUT2D eigenvalue weighted by atomic mass is 16.1. The van der Waals surface area contributed by atoms with Crippen LogP contribution in [0.1, 0.15) is 39.5 Å². The molecule has 0 spiro atoms. The zero-order valence-electron chi connectivity index (χ0n) is 10.1. The maximum atomic E-state index is 9.90. The third-order valence-electron chi connectivity index (χ3n) is 2.79. The maximum absolute atomic E-state index is 9.90. The molecule has 4 heteroatoms. The van der Waals surface area contributed by atoms with E-state index in [-0.39, 0.29) is 0 Å². The van der Waals surface area contributed by atoms with Crippen molar-refractivity contribution in [3.05, 3.63) is 0 Å². The third-order valence-corrected chi connectivity index (χ3v) is 2.79. The molecule has 0 bridgehead atoms. The summed E-state index contributed by atoms with van der Waals surface area (Å²) >= 11 is 0. The van der Waals surface area contributed by atoms with Crippen LogP contribution in [0.5, 0.6) is 0 Å². The number of nitrogens with zero attached hydrogens (tertiary/aromatic N) is 2. The summed E-state index contributed by atoms with van der Waals surface area (Å²) in [6.45, 7) is 5.21. The first-order valence-electron chi connectivity index (χ1n) is 5.94. The lowest BCUT2D eigenvalue weighted by molar-refractivity contribution is 0.285. The summed E-state index contributed by atoms with van der Waals surface area (Å²) in [7, 11) is 0. The molecule has 0 aliphatic heterocycles. The fourth-order valence-electron chi connectivity index (χ4n) is 1.93. The van der Waals surface area contributed by atoms with Gasteiger partial charge in [-0.05, 0) is 37.5 Å². The molecule has 0 heterocycles. The van der Waals surface area contributed by atoms with Crippen molar-refractivity contribution in [3.63, 3.8) is 0 Å². The van der Waals surface area contributed by atoms with E-state index < -0.39 is 0 Å². The Kier molecular flexibility index (Phi) is 9.49. The minimum Gasteiger partial charge on any atom is -0.211 e. The second-order valence-corrected chi connectivity index (χ2v) is 3.75. The molecule has 16 heavy (non-hydrogen) atoms. The molecule has 0 saturated heterocycles. The SMILES string of the molecule is CC.O=C=NCC1CCC(CN=C=O)CC1. The summed E-state index contributed by atoms with van der Waals surface area (Å²) in [6.07, 6.45) is 7.43. The van der Waals surface area contributed by atoms with E-state index in [9.17, 15) is 9.59 Å². The average Bonchev–Trinajstić information content (AvgIpc) is 2.37. The summed E-state index contributed by atoms with van der Waals surface area (Å²) in [6, 6.07) is 0. The monoisotopic (exact) mass is 224 g/mol. The molecule has 1 fully saturated rings. The number of aliphatic imine (C=N–C) groups is 2. The minimum atomic E-state index is 0.521. The molecular formula is C12H20N2O2. The quantitative estimate of drug-likeness (QED) is 0.544. The summed E-state index contributed by atoms with van der Waals surface area (Å²) in [5.74, 6) is 1.04. The van der Waals surface area contributed by atoms with Gasteiger partial charge in [-0.2, -0.15) is 0 Å². The molecule has 0 atom stereocenters. The number of isocyanates is 2. The van der Waals surface area contributed by atoms with Crippen molar-refractivity contribution >= 4 is 12.2 Å². The number of hydrogen-bond donors (Lipinski definition) is 0. The molecule has 0 aromatic heterocycles. The van der Waals surface area contributed by atoms with Gasteiger partial charge >= 0.3 is 0 Å². The largest absolute Gasteiger partial charge is 0.234 e. The molecule has 1 rings (SSSR count). The van der Waals surface area contributed by atoms with Crippen LogP contribution in [0, 0.1) is 11.8 Å². The lowest BCUT2D eigenvalue weighted by atomic mass is 9.82. The number of hydrogen-bond acceptors (Lipinski definition) is 4. The first kappa shape index (κ1) is 14.8. The Morgan fingerprint density at radius 1 is 0.875 bits per heavy atom. The molecule has 0 unspecified atom stereocenters. The average molecular weight is 224 g/mol. The van der Waals surface area contributed by atoms with Gasteiger partial charge in [0.15, 0.2) is 0 Å². The van der Waals surface area contributed by atoms with Crippen LogP contribution in [0.2, 0.25) is 0 Å². The molecule has 1 aliphatic carbocycles. The molecule has 1 saturated carbocycles. The second kappa shape index (κ2) is 10.3. The lowest BCUT2D eigenvalue weighted by Crippen LogP contribution is -2.18. The van der Waals surface area contributed by atoms with Crippen molar-refractivity contribution in [3.8, 4) is 0 Å². The van der Waals surface area contributed by atoms with Crippen LogP contribution in [0.15, 0.2) is 9.98 Å². The van der Waals surface area contributed by atoms with Gasteiger partial charge in [-0.1, -0.05) is 13.8 Å². The topological polar surface area (TPSA) is 58.9 Å². The Morgan fingerprint density at radius 2 is 1.19 bits per heavy atom. The molecule has 0 amide bonds. The molecular weight excluding hydrogens is 204 g/mol. The Balaban J connectivity index is 0.00000106. The van der Waals surface area contributed by atoms with Crippen LogP contribution >= 0.6 is 0 Å². The normalized spacial score (nSPS) is 23.1. The molecule has 1 aliphatic rings. The zero-order chi connectivity index (χ0) is 12.2. The van der Waals surface area contributed by atoms with E-state index in [4.69, 9.17) is 0 Å². The highest BCUT2D eigenvalue weighted by Gasteiger charge is 2.20. The van der Waals surface area contributed by atoms with Crippen LogP contribution in [-0.4, -0.2) is 25.2 Å². The Morgan fingerprint density at radius 3 is 1.44 bits per heavy atom. The van der Waals surface area contributed by atoms with Gasteiger partial charge in [0, 0.05) is 0 Å². The van der Waals surface area contributed by atoms with Crippen LogP contribution in [0.3, 0.4) is 0 Å². The fourth-order valence-corrected chi connectivity index (χ4v) is 1.93. The first-order chi connectivity index (χ1) is 7.86. The van der Waals surface area contributed by atoms with E-state index >= 15 is 0 Å². The van der Waals surface area contributed by atoms with Crippen LogP contribution in [-0.2, 0) is 9.59 Å². The van der Waals surface area contributed by atoms with Gasteiger partial charge in [-0.15, -0.1) is 0 Å². The molecule has 0 N–H and O–H groups in total. The molecule has 0 aromatic rings. The predicted molar refractivity (Wildman–Crippen MR) is 62.8 cm³/mol. The smallest absolute Gasteiger partial charge is 0.211 e. The molecule has 0 radical (unpaired) electrons. The van der Waals surface area contributed by atoms with E-state index in [0.717, 1.165) is 25.7 Å². The highest BCUT2D eigenvalue weighted by Crippen LogP contribution is 2.28. The van der Waals surface area contributed by atoms with E-state index in [1.807, 2.05) is 13.8 Å². The fraction of sp³-hybridized carbons (Fsp3) is 0.833. The van der Waals surface area contributed by atoms with Crippen molar-refractivity contribution in [1.82, 2.24) is 0 Å². The minimum absolute atomic E-state index is 0.521. The van der Waals surface area contributed by atoms with Gasteiger partial charge < -0.3 is 0 Å². The van der Waals surface area contributed by atoms with Gasteiger partial charge in [-0.3, -0.25) is 0 Å². The first-order valence-corrected chi connectivity index (χ1v) is 5.94. The third kappa shape index (κ3) is 6.28. The van der Waals surface area contributed by atoms with Crippen LogP contribution in [0.4, 0.5) is 0 Å². The van der Waals surface area contributed by atoms with Crippen molar-refractivity contribution in [2.24, 2.45) is 21.8 Å². The summed E-state index contributed by atoms with van der Waals surface area (Å²) in [4.78, 5) is 27.0. The van der Waals surface area contributed by atoms with Crippen molar-refractivity contribution in [1.29, 1.82) is 0 Å². The maximum Gasteiger partial charge on any atom is 0.234 e. The number of carbonyl (C=O) groups excluding carboxylic acids is 2. The molecule has 4 nitrogen and oxygen atoms in total. The molecule has 0 aromatic carbocycles. The summed E-state index contributed by atoms with van der Waals surface area (Å²) in [5, 5.41) is 0.